The van der Waals surface area contributed by atoms with Gasteiger partial charge in [-0.05, 0) is 31.9 Å². The number of ether oxygens (including phenoxy) is 1. The molecule has 0 radical (unpaired) electrons. The number of hydrogen-bond acceptors (Lipinski definition) is 6. The van der Waals surface area contributed by atoms with E-state index in [1.54, 1.807) is 0 Å². The molecule has 7 nitrogen and oxygen atoms in total. The molecule has 0 spiro atoms. The smallest absolute Gasteiger partial charge is 0.341 e. The average Bonchev–Trinajstić information content (AvgIpc) is 2.88. The van der Waals surface area contributed by atoms with Gasteiger partial charge in [-0.15, -0.1) is 11.3 Å². The summed E-state index contributed by atoms with van der Waals surface area (Å²) in [6, 6.07) is 4.31. The van der Waals surface area contributed by atoms with Crippen molar-refractivity contribution in [2.45, 2.75) is 27.2 Å². The Hall–Kier alpha value is -2.74. The summed E-state index contributed by atoms with van der Waals surface area (Å²) in [7, 11) is 1.28. The van der Waals surface area contributed by atoms with Gasteiger partial charge < -0.3 is 10.1 Å². The highest BCUT2D eigenvalue weighted by Gasteiger charge is 2.25. The molecule has 0 fully saturated rings. The fourth-order valence-corrected chi connectivity index (χ4v) is 3.78. The third-order valence-corrected chi connectivity index (χ3v) is 4.99. The molecule has 0 atom stereocenters. The number of nitrogens with one attached hydrogen (secondary N) is 1. The number of nitrogens with zero attached hydrogens (tertiary/aromatic N) is 1. The summed E-state index contributed by atoms with van der Waals surface area (Å²) in [5.41, 5.74) is 1.49. The Morgan fingerprint density at radius 2 is 2.00 bits per heavy atom. The Labute approximate surface area is 148 Å². The van der Waals surface area contributed by atoms with Crippen LogP contribution in [-0.2, 0) is 11.2 Å². The number of nitro benzene ring substituents is 1. The minimum atomic E-state index is -0.531. The highest BCUT2D eigenvalue weighted by molar-refractivity contribution is 7.16. The summed E-state index contributed by atoms with van der Waals surface area (Å²) >= 11 is 1.28. The predicted octanol–water partition coefficient (Wildman–Crippen LogP) is 3.87. The number of rotatable bonds is 5. The standard InChI is InChI=1S/C17H18N2O5S/c1-5-11-10(3)25-16(14(11)17(21)24-4)18-15(20)12-7-6-8-13(9(12)2)19(22)23/h6-8H,5H2,1-4H3,(H,18,20). The molecule has 1 aromatic carbocycles. The van der Waals surface area contributed by atoms with E-state index in [9.17, 15) is 19.7 Å². The second-order valence-electron chi connectivity index (χ2n) is 5.35. The molecular weight excluding hydrogens is 344 g/mol. The van der Waals surface area contributed by atoms with E-state index in [1.165, 1.54) is 43.6 Å². The van der Waals surface area contributed by atoms with Gasteiger partial charge in [0.25, 0.3) is 11.6 Å². The molecule has 0 aliphatic rings. The summed E-state index contributed by atoms with van der Waals surface area (Å²) in [5, 5.41) is 14.1. The molecule has 0 saturated carbocycles. The number of esters is 1. The summed E-state index contributed by atoms with van der Waals surface area (Å²) in [6.45, 7) is 5.30. The van der Waals surface area contributed by atoms with Gasteiger partial charge in [0.1, 0.15) is 5.00 Å². The minimum absolute atomic E-state index is 0.127. The first-order valence-electron chi connectivity index (χ1n) is 7.57. The number of aryl methyl sites for hydroxylation is 1. The van der Waals surface area contributed by atoms with Crippen LogP contribution in [0.1, 0.15) is 43.6 Å². The van der Waals surface area contributed by atoms with Crippen LogP contribution in [0.5, 0.6) is 0 Å². The van der Waals surface area contributed by atoms with Crippen molar-refractivity contribution in [3.05, 3.63) is 55.4 Å². The fraction of sp³-hybridized carbons (Fsp3) is 0.294. The van der Waals surface area contributed by atoms with E-state index >= 15 is 0 Å². The quantitative estimate of drug-likeness (QED) is 0.494. The van der Waals surface area contributed by atoms with E-state index < -0.39 is 16.8 Å². The zero-order chi connectivity index (χ0) is 18.7. The predicted molar refractivity (Wildman–Crippen MR) is 95.6 cm³/mol. The lowest BCUT2D eigenvalue weighted by Crippen LogP contribution is -2.16. The number of carbonyl (C=O) groups is 2. The lowest BCUT2D eigenvalue weighted by molar-refractivity contribution is -0.385. The van der Waals surface area contributed by atoms with E-state index in [1.807, 2.05) is 13.8 Å². The molecule has 1 N–H and O–H groups in total. The molecule has 25 heavy (non-hydrogen) atoms. The topological polar surface area (TPSA) is 98.5 Å². The molecule has 1 heterocycles. The van der Waals surface area contributed by atoms with E-state index in [0.29, 0.717) is 17.0 Å². The third-order valence-electron chi connectivity index (χ3n) is 3.93. The molecule has 0 bridgehead atoms. The van der Waals surface area contributed by atoms with Gasteiger partial charge in [0, 0.05) is 22.1 Å². The average molecular weight is 362 g/mol. The van der Waals surface area contributed by atoms with Crippen molar-refractivity contribution in [1.82, 2.24) is 0 Å². The molecule has 0 aliphatic carbocycles. The molecule has 1 aromatic heterocycles. The third kappa shape index (κ3) is 3.53. The summed E-state index contributed by atoms with van der Waals surface area (Å²) < 4.78 is 4.82. The number of carbonyl (C=O) groups excluding carboxylic acids is 2. The molecule has 0 unspecified atom stereocenters. The summed E-state index contributed by atoms with van der Waals surface area (Å²) in [5.74, 6) is -1.03. The van der Waals surface area contributed by atoms with Gasteiger partial charge in [-0.25, -0.2) is 4.79 Å². The van der Waals surface area contributed by atoms with Crippen molar-refractivity contribution in [2.24, 2.45) is 0 Å². The van der Waals surface area contributed by atoms with Crippen LogP contribution in [0.3, 0.4) is 0 Å². The maximum atomic E-state index is 12.6. The van der Waals surface area contributed by atoms with Crippen LogP contribution in [0.4, 0.5) is 10.7 Å². The van der Waals surface area contributed by atoms with E-state index in [0.717, 1.165) is 10.4 Å². The van der Waals surface area contributed by atoms with E-state index in [2.05, 4.69) is 5.32 Å². The number of thiophene rings is 1. The Morgan fingerprint density at radius 1 is 1.32 bits per heavy atom. The van der Waals surface area contributed by atoms with Crippen LogP contribution in [0.25, 0.3) is 0 Å². The normalized spacial score (nSPS) is 10.4. The zero-order valence-electron chi connectivity index (χ0n) is 14.3. The van der Waals surface area contributed by atoms with Crippen molar-refractivity contribution in [2.75, 3.05) is 12.4 Å². The maximum Gasteiger partial charge on any atom is 0.341 e. The number of anilines is 1. The van der Waals surface area contributed by atoms with Crippen LogP contribution in [0.2, 0.25) is 0 Å². The molecule has 0 saturated heterocycles. The number of hydrogen-bond donors (Lipinski definition) is 1. The van der Waals surface area contributed by atoms with Gasteiger partial charge in [-0.1, -0.05) is 13.0 Å². The molecule has 2 aromatic rings. The number of methoxy groups -OCH3 is 1. The SMILES string of the molecule is CCc1c(C)sc(NC(=O)c2cccc([N+](=O)[O-])c2C)c1C(=O)OC. The Kier molecular flexibility index (Phi) is 5.53. The van der Waals surface area contributed by atoms with Crippen molar-refractivity contribution < 1.29 is 19.2 Å². The van der Waals surface area contributed by atoms with Crippen molar-refractivity contribution in [3.63, 3.8) is 0 Å². The largest absolute Gasteiger partial charge is 0.465 e. The van der Waals surface area contributed by atoms with Gasteiger partial charge in [0.05, 0.1) is 17.6 Å². The molecule has 8 heteroatoms. The van der Waals surface area contributed by atoms with Gasteiger partial charge in [0.2, 0.25) is 0 Å². The summed E-state index contributed by atoms with van der Waals surface area (Å²) in [4.78, 5) is 36.1. The zero-order valence-corrected chi connectivity index (χ0v) is 15.2. The molecule has 1 amide bonds. The number of benzene rings is 1. The highest BCUT2D eigenvalue weighted by atomic mass is 32.1. The van der Waals surface area contributed by atoms with E-state index in [4.69, 9.17) is 4.74 Å². The van der Waals surface area contributed by atoms with Crippen LogP contribution >= 0.6 is 11.3 Å². The van der Waals surface area contributed by atoms with Crippen LogP contribution in [0.15, 0.2) is 18.2 Å². The van der Waals surface area contributed by atoms with E-state index in [-0.39, 0.29) is 16.8 Å². The highest BCUT2D eigenvalue weighted by Crippen LogP contribution is 2.34. The van der Waals surface area contributed by atoms with Gasteiger partial charge in [-0.2, -0.15) is 0 Å². The first-order chi connectivity index (χ1) is 11.8. The fourth-order valence-electron chi connectivity index (χ4n) is 2.65. The van der Waals surface area contributed by atoms with Crippen molar-refractivity contribution in [3.8, 4) is 0 Å². The van der Waals surface area contributed by atoms with Crippen molar-refractivity contribution >= 4 is 33.9 Å². The van der Waals surface area contributed by atoms with Crippen molar-refractivity contribution in [1.29, 1.82) is 0 Å². The summed E-state index contributed by atoms with van der Waals surface area (Å²) in [6.07, 6.45) is 0.623. The lowest BCUT2D eigenvalue weighted by atomic mass is 10.1. The Bertz CT molecular complexity index is 857. The Morgan fingerprint density at radius 3 is 2.56 bits per heavy atom. The molecule has 2 rings (SSSR count). The monoisotopic (exact) mass is 362 g/mol. The van der Waals surface area contributed by atoms with Crippen LogP contribution in [0, 0.1) is 24.0 Å². The molecule has 0 aliphatic heterocycles. The molecular formula is C17H18N2O5S. The second kappa shape index (κ2) is 7.43. The van der Waals surface area contributed by atoms with Crippen LogP contribution < -0.4 is 5.32 Å². The first-order valence-corrected chi connectivity index (χ1v) is 8.39. The van der Waals surface area contributed by atoms with Gasteiger partial charge in [-0.3, -0.25) is 14.9 Å². The maximum absolute atomic E-state index is 12.6. The number of amides is 1. The Balaban J connectivity index is 2.44. The van der Waals surface area contributed by atoms with Gasteiger partial charge in [0.15, 0.2) is 0 Å². The molecule has 132 valence electrons. The number of nitro groups is 1. The van der Waals surface area contributed by atoms with Crippen LogP contribution in [-0.4, -0.2) is 23.9 Å². The minimum Gasteiger partial charge on any atom is -0.465 e. The lowest BCUT2D eigenvalue weighted by Gasteiger charge is -2.09. The van der Waals surface area contributed by atoms with Gasteiger partial charge >= 0.3 is 5.97 Å². The first kappa shape index (κ1) is 18.6. The second-order valence-corrected chi connectivity index (χ2v) is 6.57.